The van der Waals surface area contributed by atoms with E-state index in [1.165, 1.54) is 38.5 Å². The fourth-order valence-corrected chi connectivity index (χ4v) is 6.00. The number of rotatable bonds is 2. The zero-order chi connectivity index (χ0) is 13.8. The molecule has 19 heavy (non-hydrogen) atoms. The van der Waals surface area contributed by atoms with Crippen LogP contribution in [-0.4, -0.2) is 11.2 Å². The van der Waals surface area contributed by atoms with Crippen molar-refractivity contribution in [1.29, 1.82) is 0 Å². The molecule has 0 spiro atoms. The van der Waals surface area contributed by atoms with Gasteiger partial charge in [0.2, 0.25) is 0 Å². The Morgan fingerprint density at radius 3 is 2.32 bits per heavy atom. The predicted molar refractivity (Wildman–Crippen MR) is 79.8 cm³/mol. The zero-order valence-corrected chi connectivity index (χ0v) is 13.3. The van der Waals surface area contributed by atoms with Crippen LogP contribution in [0.3, 0.4) is 0 Å². The first-order valence-electron chi connectivity index (χ1n) is 8.58. The molecule has 3 unspecified atom stereocenters. The maximum atomic E-state index is 10.6. The largest absolute Gasteiger partial charge is 0.393 e. The Labute approximate surface area is 119 Å². The Hall–Kier alpha value is -0.0400. The van der Waals surface area contributed by atoms with E-state index in [9.17, 15) is 5.11 Å². The van der Waals surface area contributed by atoms with Gasteiger partial charge in [-0.25, -0.2) is 0 Å². The number of fused-ring (bicyclic) bond motifs is 2. The van der Waals surface area contributed by atoms with Crippen molar-refractivity contribution in [2.75, 3.05) is 0 Å². The molecule has 0 saturated heterocycles. The molecule has 6 atom stereocenters. The summed E-state index contributed by atoms with van der Waals surface area (Å²) in [7, 11) is 0. The fourth-order valence-electron chi connectivity index (χ4n) is 6.00. The average Bonchev–Trinajstić information content (AvgIpc) is 2.72. The third-order valence-corrected chi connectivity index (χ3v) is 7.93. The molecular weight excluding hydrogens is 232 g/mol. The van der Waals surface area contributed by atoms with Crippen molar-refractivity contribution in [3.8, 4) is 0 Å². The first-order chi connectivity index (χ1) is 8.90. The van der Waals surface area contributed by atoms with Crippen LogP contribution in [-0.2, 0) is 0 Å². The van der Waals surface area contributed by atoms with E-state index in [4.69, 9.17) is 0 Å². The Morgan fingerprint density at radius 1 is 1.05 bits per heavy atom. The van der Waals surface area contributed by atoms with Gasteiger partial charge in [0.1, 0.15) is 0 Å². The molecule has 1 nitrogen and oxygen atoms in total. The molecule has 2 bridgehead atoms. The topological polar surface area (TPSA) is 20.2 Å². The molecule has 0 aromatic heterocycles. The van der Waals surface area contributed by atoms with Crippen molar-refractivity contribution in [3.63, 3.8) is 0 Å². The van der Waals surface area contributed by atoms with E-state index >= 15 is 0 Å². The number of aliphatic hydroxyl groups excluding tert-OH is 1. The summed E-state index contributed by atoms with van der Waals surface area (Å²) in [6.45, 7) is 9.85. The van der Waals surface area contributed by atoms with E-state index in [2.05, 4.69) is 27.7 Å². The van der Waals surface area contributed by atoms with Gasteiger partial charge in [-0.3, -0.25) is 0 Å². The number of aliphatic hydroxyl groups is 1. The molecule has 3 aliphatic rings. The van der Waals surface area contributed by atoms with Gasteiger partial charge in [-0.2, -0.15) is 0 Å². The van der Waals surface area contributed by atoms with Crippen LogP contribution in [0.25, 0.3) is 0 Å². The third kappa shape index (κ3) is 1.83. The van der Waals surface area contributed by atoms with Gasteiger partial charge >= 0.3 is 0 Å². The minimum Gasteiger partial charge on any atom is -0.393 e. The van der Waals surface area contributed by atoms with Crippen molar-refractivity contribution < 1.29 is 5.11 Å². The molecule has 1 N–H and O–H groups in total. The van der Waals surface area contributed by atoms with Gasteiger partial charge in [0, 0.05) is 0 Å². The second-order valence-electron chi connectivity index (χ2n) is 8.54. The molecule has 0 amide bonds. The molecule has 0 radical (unpaired) electrons. The van der Waals surface area contributed by atoms with E-state index in [0.717, 1.165) is 24.2 Å². The predicted octanol–water partition coefficient (Wildman–Crippen LogP) is 4.64. The van der Waals surface area contributed by atoms with Crippen LogP contribution in [0.5, 0.6) is 0 Å². The molecular formula is C18H32O. The maximum Gasteiger partial charge on any atom is 0.0571 e. The van der Waals surface area contributed by atoms with Crippen LogP contribution in [0.4, 0.5) is 0 Å². The Bertz CT molecular complexity index is 348. The van der Waals surface area contributed by atoms with Crippen LogP contribution >= 0.6 is 0 Å². The van der Waals surface area contributed by atoms with Gasteiger partial charge in [0.15, 0.2) is 0 Å². The molecule has 3 saturated carbocycles. The van der Waals surface area contributed by atoms with Crippen LogP contribution in [0.15, 0.2) is 0 Å². The standard InChI is InChI=1S/C18H32O/c1-5-12-6-7-16(19)14(10-12)15-11-13-8-9-18(15,4)17(13,2)3/h12-16,19H,5-11H2,1-4H3/t12?,13-,14?,15+,16?,18+/m1/s1. The molecule has 3 fully saturated rings. The van der Waals surface area contributed by atoms with Gasteiger partial charge in [-0.15, -0.1) is 0 Å². The summed E-state index contributed by atoms with van der Waals surface area (Å²) in [5, 5.41) is 10.6. The van der Waals surface area contributed by atoms with E-state index in [0.29, 0.717) is 16.7 Å². The van der Waals surface area contributed by atoms with Crippen molar-refractivity contribution in [1.82, 2.24) is 0 Å². The second-order valence-corrected chi connectivity index (χ2v) is 8.54. The minimum absolute atomic E-state index is 0.0141. The first kappa shape index (κ1) is 13.9. The highest BCUT2D eigenvalue weighted by Crippen LogP contribution is 2.70. The van der Waals surface area contributed by atoms with Crippen molar-refractivity contribution in [2.45, 2.75) is 78.7 Å². The fraction of sp³-hybridized carbons (Fsp3) is 1.00. The lowest BCUT2D eigenvalue weighted by atomic mass is 9.59. The van der Waals surface area contributed by atoms with E-state index in [-0.39, 0.29) is 6.10 Å². The van der Waals surface area contributed by atoms with E-state index in [1.807, 2.05) is 0 Å². The van der Waals surface area contributed by atoms with Gasteiger partial charge in [-0.1, -0.05) is 34.1 Å². The average molecular weight is 264 g/mol. The smallest absolute Gasteiger partial charge is 0.0571 e. The first-order valence-corrected chi connectivity index (χ1v) is 8.58. The van der Waals surface area contributed by atoms with Gasteiger partial charge < -0.3 is 5.11 Å². The Balaban J connectivity index is 1.83. The van der Waals surface area contributed by atoms with Crippen molar-refractivity contribution in [2.24, 2.45) is 34.5 Å². The zero-order valence-electron chi connectivity index (χ0n) is 13.3. The van der Waals surface area contributed by atoms with Gasteiger partial charge in [0.05, 0.1) is 6.10 Å². The van der Waals surface area contributed by atoms with Gasteiger partial charge in [-0.05, 0) is 73.0 Å². The lowest BCUT2D eigenvalue weighted by Crippen LogP contribution is -2.42. The minimum atomic E-state index is -0.0141. The lowest BCUT2D eigenvalue weighted by molar-refractivity contribution is -0.0346. The summed E-state index contributed by atoms with van der Waals surface area (Å²) < 4.78 is 0. The second kappa shape index (κ2) is 4.48. The number of hydrogen-bond acceptors (Lipinski definition) is 1. The highest BCUT2D eigenvalue weighted by molar-refractivity contribution is 5.12. The highest BCUT2D eigenvalue weighted by Gasteiger charge is 2.63. The quantitative estimate of drug-likeness (QED) is 0.770. The SMILES string of the molecule is CCC1CCC(O)C([C@@H]2C[C@H]3CC[C@]2(C)C3(C)C)C1. The molecule has 3 aliphatic carbocycles. The third-order valence-electron chi connectivity index (χ3n) is 7.93. The Kier molecular flexibility index (Phi) is 3.28. The molecule has 1 heteroatoms. The molecule has 0 aliphatic heterocycles. The Morgan fingerprint density at radius 2 is 1.79 bits per heavy atom. The molecule has 110 valence electrons. The summed E-state index contributed by atoms with van der Waals surface area (Å²) in [4.78, 5) is 0. The summed E-state index contributed by atoms with van der Waals surface area (Å²) >= 11 is 0. The van der Waals surface area contributed by atoms with Crippen LogP contribution < -0.4 is 0 Å². The van der Waals surface area contributed by atoms with Crippen LogP contribution in [0.1, 0.15) is 72.6 Å². The summed E-state index contributed by atoms with van der Waals surface area (Å²) in [5.74, 6) is 3.16. The lowest BCUT2D eigenvalue weighted by Gasteiger charge is -2.46. The highest BCUT2D eigenvalue weighted by atomic mass is 16.3. The molecule has 0 aromatic carbocycles. The number of hydrogen-bond donors (Lipinski definition) is 1. The summed E-state index contributed by atoms with van der Waals surface area (Å²) in [5.41, 5.74) is 0.982. The van der Waals surface area contributed by atoms with E-state index in [1.54, 1.807) is 0 Å². The summed E-state index contributed by atoms with van der Waals surface area (Å²) in [6, 6.07) is 0. The molecule has 0 heterocycles. The monoisotopic (exact) mass is 264 g/mol. The summed E-state index contributed by atoms with van der Waals surface area (Å²) in [6.07, 6.45) is 9.11. The van der Waals surface area contributed by atoms with Gasteiger partial charge in [0.25, 0.3) is 0 Å². The van der Waals surface area contributed by atoms with Crippen molar-refractivity contribution >= 4 is 0 Å². The maximum absolute atomic E-state index is 10.6. The molecule has 0 aromatic rings. The van der Waals surface area contributed by atoms with Crippen molar-refractivity contribution in [3.05, 3.63) is 0 Å². The van der Waals surface area contributed by atoms with Crippen LogP contribution in [0, 0.1) is 34.5 Å². The normalized spacial score (nSPS) is 52.6. The van der Waals surface area contributed by atoms with E-state index < -0.39 is 0 Å². The molecule has 3 rings (SSSR count). The van der Waals surface area contributed by atoms with Crippen LogP contribution in [0.2, 0.25) is 0 Å².